The van der Waals surface area contributed by atoms with E-state index in [1.54, 1.807) is 51.1 Å². The number of urea groups is 2. The molecule has 2 N–H and O–H groups in total. The van der Waals surface area contributed by atoms with Gasteiger partial charge in [-0.25, -0.2) is 29.0 Å². The molecule has 1 aliphatic rings. The third kappa shape index (κ3) is 4.11. The van der Waals surface area contributed by atoms with E-state index in [2.05, 4.69) is 5.32 Å². The van der Waals surface area contributed by atoms with Gasteiger partial charge in [-0.1, -0.05) is 30.3 Å². The summed E-state index contributed by atoms with van der Waals surface area (Å²) in [4.78, 5) is 50.0. The van der Waals surface area contributed by atoms with Crippen molar-refractivity contribution in [2.45, 2.75) is 39.0 Å². The molecule has 5 amide bonds. The molecule has 0 radical (unpaired) electrons. The number of rotatable bonds is 4. The maximum atomic E-state index is 12.4. The summed E-state index contributed by atoms with van der Waals surface area (Å²) in [6.07, 6.45) is -1.26. The number of carboxylic acid groups (broad SMARTS) is 1. The van der Waals surface area contributed by atoms with Crippen LogP contribution in [0.1, 0.15) is 32.4 Å². The number of carboxylic acids is 1. The van der Waals surface area contributed by atoms with Gasteiger partial charge in [0.1, 0.15) is 0 Å². The summed E-state index contributed by atoms with van der Waals surface area (Å²) in [5.41, 5.74) is 0.365. The molecule has 2 atom stereocenters. The minimum atomic E-state index is -1.32. The highest BCUT2D eigenvalue weighted by Crippen LogP contribution is 2.20. The number of nitrogens with one attached hydrogen (secondary N) is 1. The van der Waals surface area contributed by atoms with Crippen molar-refractivity contribution < 1.29 is 29.0 Å². The highest BCUT2D eigenvalue weighted by Gasteiger charge is 2.44. The SMILES string of the molecule is CC(C)OC(=O)N1C(=O)N(C(=O)NC(C(=O)O)c2ccccc2)CC1C. The predicted octanol–water partition coefficient (Wildman–Crippen LogP) is 2.19. The number of hydrogen-bond donors (Lipinski definition) is 2. The van der Waals surface area contributed by atoms with Crippen LogP contribution in [0.2, 0.25) is 0 Å². The highest BCUT2D eigenvalue weighted by atomic mass is 16.6. The lowest BCUT2D eigenvalue weighted by atomic mass is 10.1. The Morgan fingerprint density at radius 3 is 2.38 bits per heavy atom. The Labute approximate surface area is 150 Å². The van der Waals surface area contributed by atoms with Crippen molar-refractivity contribution in [3.8, 4) is 0 Å². The molecule has 1 aromatic rings. The first-order valence-corrected chi connectivity index (χ1v) is 8.12. The number of nitrogens with zero attached hydrogens (tertiary/aromatic N) is 2. The lowest BCUT2D eigenvalue weighted by Gasteiger charge is -2.21. The standard InChI is InChI=1S/C17H21N3O6/c1-10(2)26-17(25)20-11(3)9-19(16(20)24)15(23)18-13(14(21)22)12-7-5-4-6-8-12/h4-8,10-11,13H,9H2,1-3H3,(H,18,23)(H,21,22). The van der Waals surface area contributed by atoms with Crippen molar-refractivity contribution >= 4 is 24.1 Å². The predicted molar refractivity (Wildman–Crippen MR) is 90.4 cm³/mol. The number of benzene rings is 1. The lowest BCUT2D eigenvalue weighted by molar-refractivity contribution is -0.139. The van der Waals surface area contributed by atoms with Crippen molar-refractivity contribution in [2.75, 3.05) is 6.54 Å². The van der Waals surface area contributed by atoms with Crippen LogP contribution in [0.5, 0.6) is 0 Å². The molecule has 2 unspecified atom stereocenters. The zero-order chi connectivity index (χ0) is 19.4. The van der Waals surface area contributed by atoms with Crippen LogP contribution in [0.3, 0.4) is 0 Å². The van der Waals surface area contributed by atoms with Crippen LogP contribution < -0.4 is 5.32 Å². The van der Waals surface area contributed by atoms with Gasteiger partial charge >= 0.3 is 24.1 Å². The normalized spacial score (nSPS) is 18.0. The summed E-state index contributed by atoms with van der Waals surface area (Å²) in [6.45, 7) is 4.83. The number of carbonyl (C=O) groups is 4. The molecule has 0 saturated carbocycles. The van der Waals surface area contributed by atoms with Gasteiger partial charge in [0.2, 0.25) is 0 Å². The van der Waals surface area contributed by atoms with Crippen LogP contribution in [0.25, 0.3) is 0 Å². The molecule has 1 fully saturated rings. The van der Waals surface area contributed by atoms with Crippen molar-refractivity contribution in [1.82, 2.24) is 15.1 Å². The molecule has 0 spiro atoms. The quantitative estimate of drug-likeness (QED) is 0.847. The minimum absolute atomic E-state index is 0.0566. The van der Waals surface area contributed by atoms with Gasteiger partial charge in [0.15, 0.2) is 6.04 Å². The summed E-state index contributed by atoms with van der Waals surface area (Å²) in [5.74, 6) is -1.26. The Hall–Kier alpha value is -3.10. The molecule has 26 heavy (non-hydrogen) atoms. The van der Waals surface area contributed by atoms with Crippen LogP contribution in [-0.4, -0.2) is 57.7 Å². The Bertz CT molecular complexity index is 706. The Kier molecular flexibility index (Phi) is 5.81. The highest BCUT2D eigenvalue weighted by molar-refractivity contribution is 6.02. The topological polar surface area (TPSA) is 116 Å². The van der Waals surface area contributed by atoms with Crippen LogP contribution in [0.15, 0.2) is 30.3 Å². The van der Waals surface area contributed by atoms with E-state index in [9.17, 15) is 24.3 Å². The van der Waals surface area contributed by atoms with Crippen LogP contribution >= 0.6 is 0 Å². The number of ether oxygens (including phenoxy) is 1. The molecule has 1 saturated heterocycles. The summed E-state index contributed by atoms with van der Waals surface area (Å²) in [5, 5.41) is 11.7. The van der Waals surface area contributed by atoms with Crippen molar-refractivity contribution in [3.05, 3.63) is 35.9 Å². The minimum Gasteiger partial charge on any atom is -0.479 e. The molecule has 1 aliphatic heterocycles. The summed E-state index contributed by atoms with van der Waals surface area (Å²) in [7, 11) is 0. The average Bonchev–Trinajstić information content (AvgIpc) is 2.87. The van der Waals surface area contributed by atoms with E-state index < -0.39 is 42.3 Å². The van der Waals surface area contributed by atoms with E-state index in [0.29, 0.717) is 5.56 Å². The molecule has 0 aliphatic carbocycles. The zero-order valence-electron chi connectivity index (χ0n) is 14.7. The molecule has 0 aromatic heterocycles. The molecule has 9 heteroatoms. The van der Waals surface area contributed by atoms with Crippen LogP contribution in [0.4, 0.5) is 14.4 Å². The monoisotopic (exact) mass is 363 g/mol. The second kappa shape index (κ2) is 7.85. The van der Waals surface area contributed by atoms with Crippen molar-refractivity contribution in [1.29, 1.82) is 0 Å². The van der Waals surface area contributed by atoms with E-state index in [1.807, 2.05) is 0 Å². The third-order valence-corrected chi connectivity index (χ3v) is 3.75. The molecule has 1 aromatic carbocycles. The van der Waals surface area contributed by atoms with Crippen LogP contribution in [0, 0.1) is 0 Å². The zero-order valence-corrected chi connectivity index (χ0v) is 14.7. The van der Waals surface area contributed by atoms with Gasteiger partial charge < -0.3 is 15.2 Å². The van der Waals surface area contributed by atoms with Gasteiger partial charge in [-0.3, -0.25) is 0 Å². The molecule has 140 valence electrons. The van der Waals surface area contributed by atoms with Gasteiger partial charge in [-0.2, -0.15) is 0 Å². The van der Waals surface area contributed by atoms with Gasteiger partial charge in [-0.05, 0) is 26.3 Å². The summed E-state index contributed by atoms with van der Waals surface area (Å²) in [6, 6.07) is 4.47. The fraction of sp³-hybridized carbons (Fsp3) is 0.412. The van der Waals surface area contributed by atoms with Gasteiger partial charge in [0.25, 0.3) is 0 Å². The second-order valence-corrected chi connectivity index (χ2v) is 6.18. The molecule has 9 nitrogen and oxygen atoms in total. The first kappa shape index (κ1) is 19.2. The largest absolute Gasteiger partial charge is 0.479 e. The summed E-state index contributed by atoms with van der Waals surface area (Å²) >= 11 is 0. The Balaban J connectivity index is 2.13. The molecule has 0 bridgehead atoms. The molecule has 2 rings (SSSR count). The molecule has 1 heterocycles. The maximum Gasteiger partial charge on any atom is 0.418 e. The molecular weight excluding hydrogens is 342 g/mol. The van der Waals surface area contributed by atoms with Crippen molar-refractivity contribution in [2.24, 2.45) is 0 Å². The van der Waals surface area contributed by atoms with E-state index in [-0.39, 0.29) is 6.54 Å². The van der Waals surface area contributed by atoms with Gasteiger partial charge in [-0.15, -0.1) is 0 Å². The summed E-state index contributed by atoms with van der Waals surface area (Å²) < 4.78 is 5.01. The Morgan fingerprint density at radius 1 is 1.23 bits per heavy atom. The number of aliphatic carboxylic acids is 1. The van der Waals surface area contributed by atoms with E-state index in [0.717, 1.165) is 9.80 Å². The first-order chi connectivity index (χ1) is 12.2. The average molecular weight is 363 g/mol. The van der Waals surface area contributed by atoms with Crippen molar-refractivity contribution in [3.63, 3.8) is 0 Å². The second-order valence-electron chi connectivity index (χ2n) is 6.18. The number of amides is 5. The Morgan fingerprint density at radius 2 is 1.85 bits per heavy atom. The van der Waals surface area contributed by atoms with E-state index >= 15 is 0 Å². The number of carbonyl (C=O) groups excluding carboxylic acids is 3. The fourth-order valence-corrected chi connectivity index (χ4v) is 2.56. The first-order valence-electron chi connectivity index (χ1n) is 8.12. The lowest BCUT2D eigenvalue weighted by Crippen LogP contribution is -2.46. The molecular formula is C17H21N3O6. The smallest absolute Gasteiger partial charge is 0.418 e. The van der Waals surface area contributed by atoms with Crippen LogP contribution in [-0.2, 0) is 9.53 Å². The number of hydrogen-bond acceptors (Lipinski definition) is 5. The van der Waals surface area contributed by atoms with Gasteiger partial charge in [0, 0.05) is 0 Å². The number of imide groups is 2. The van der Waals surface area contributed by atoms with E-state index in [1.165, 1.54) is 0 Å². The maximum absolute atomic E-state index is 12.4. The fourth-order valence-electron chi connectivity index (χ4n) is 2.56. The van der Waals surface area contributed by atoms with E-state index in [4.69, 9.17) is 4.74 Å². The van der Waals surface area contributed by atoms with Gasteiger partial charge in [0.05, 0.1) is 18.7 Å². The third-order valence-electron chi connectivity index (χ3n) is 3.75.